The number of aliphatic hydroxyl groups is 1. The van der Waals surface area contributed by atoms with Crippen molar-refractivity contribution < 1.29 is 19.8 Å². The Morgan fingerprint density at radius 1 is 1.27 bits per heavy atom. The van der Waals surface area contributed by atoms with E-state index in [1.165, 1.54) is 7.05 Å². The van der Waals surface area contributed by atoms with Gasteiger partial charge in [-0.15, -0.1) is 0 Å². The van der Waals surface area contributed by atoms with Gasteiger partial charge in [-0.3, -0.25) is 9.59 Å². The molecule has 1 unspecified atom stereocenters. The number of aliphatic carboxylic acids is 1. The lowest BCUT2D eigenvalue weighted by Gasteiger charge is -2.28. The fourth-order valence-electron chi connectivity index (χ4n) is 2.12. The van der Waals surface area contributed by atoms with Gasteiger partial charge < -0.3 is 15.5 Å². The van der Waals surface area contributed by atoms with E-state index in [4.69, 9.17) is 5.11 Å². The van der Waals surface area contributed by atoms with Crippen molar-refractivity contribution in [2.24, 2.45) is 11.8 Å². The Labute approximate surface area is 88.5 Å². The number of amides is 1. The first kappa shape index (κ1) is 12.0. The average molecular weight is 215 g/mol. The second-order valence-electron chi connectivity index (χ2n) is 4.00. The van der Waals surface area contributed by atoms with E-state index in [0.29, 0.717) is 25.7 Å². The summed E-state index contributed by atoms with van der Waals surface area (Å²) < 4.78 is 0. The van der Waals surface area contributed by atoms with Gasteiger partial charge in [0.1, 0.15) is 5.92 Å². The van der Waals surface area contributed by atoms with Gasteiger partial charge >= 0.3 is 5.97 Å². The minimum atomic E-state index is -1.07. The number of carbonyl (C=O) groups excluding carboxylic acids is 1. The Kier molecular flexibility index (Phi) is 4.08. The molecule has 1 amide bonds. The molecule has 5 nitrogen and oxygen atoms in total. The highest BCUT2D eigenvalue weighted by molar-refractivity contribution is 5.97. The first-order chi connectivity index (χ1) is 7.06. The minimum Gasteiger partial charge on any atom is -0.481 e. The summed E-state index contributed by atoms with van der Waals surface area (Å²) in [5.74, 6) is -2.63. The standard InChI is InChI=1S/C10H17NO4/c1-11-9(13)8(10(14)15)6-2-4-7(12)5-3-6/h6-8,12H,2-5H2,1H3,(H,11,13)(H,14,15). The summed E-state index contributed by atoms with van der Waals surface area (Å²) in [6.07, 6.45) is 2.05. The normalized spacial score (nSPS) is 28.1. The van der Waals surface area contributed by atoms with Crippen LogP contribution in [0.3, 0.4) is 0 Å². The highest BCUT2D eigenvalue weighted by Crippen LogP contribution is 2.30. The van der Waals surface area contributed by atoms with E-state index in [0.717, 1.165) is 0 Å². The maximum absolute atomic E-state index is 11.4. The van der Waals surface area contributed by atoms with Crippen molar-refractivity contribution in [3.05, 3.63) is 0 Å². The Balaban J connectivity index is 2.64. The quantitative estimate of drug-likeness (QED) is 0.578. The molecule has 1 aliphatic rings. The van der Waals surface area contributed by atoms with E-state index in [9.17, 15) is 14.7 Å². The zero-order valence-electron chi connectivity index (χ0n) is 8.77. The highest BCUT2D eigenvalue weighted by atomic mass is 16.4. The van der Waals surface area contributed by atoms with Gasteiger partial charge in [0.15, 0.2) is 0 Å². The van der Waals surface area contributed by atoms with Crippen molar-refractivity contribution >= 4 is 11.9 Å². The predicted molar refractivity (Wildman–Crippen MR) is 53.2 cm³/mol. The molecule has 15 heavy (non-hydrogen) atoms. The lowest BCUT2D eigenvalue weighted by atomic mass is 9.78. The summed E-state index contributed by atoms with van der Waals surface area (Å²) in [6, 6.07) is 0. The molecule has 0 bridgehead atoms. The van der Waals surface area contributed by atoms with Crippen LogP contribution in [0.25, 0.3) is 0 Å². The van der Waals surface area contributed by atoms with Crippen molar-refractivity contribution in [3.8, 4) is 0 Å². The summed E-state index contributed by atoms with van der Waals surface area (Å²) in [5, 5.41) is 20.6. The molecule has 0 saturated heterocycles. The number of rotatable bonds is 3. The zero-order valence-corrected chi connectivity index (χ0v) is 8.77. The average Bonchev–Trinajstić information content (AvgIpc) is 2.20. The molecular formula is C10H17NO4. The van der Waals surface area contributed by atoms with E-state index in [1.807, 2.05) is 0 Å². The van der Waals surface area contributed by atoms with Crippen LogP contribution in [0.1, 0.15) is 25.7 Å². The Morgan fingerprint density at radius 3 is 2.20 bits per heavy atom. The van der Waals surface area contributed by atoms with Gasteiger partial charge in [0, 0.05) is 7.05 Å². The first-order valence-electron chi connectivity index (χ1n) is 5.18. The molecule has 0 aliphatic heterocycles. The fraction of sp³-hybridized carbons (Fsp3) is 0.800. The molecule has 1 saturated carbocycles. The second kappa shape index (κ2) is 5.11. The zero-order chi connectivity index (χ0) is 11.4. The molecular weight excluding hydrogens is 198 g/mol. The lowest BCUT2D eigenvalue weighted by molar-refractivity contribution is -0.150. The topological polar surface area (TPSA) is 86.6 Å². The van der Waals surface area contributed by atoms with Gasteiger partial charge in [0.25, 0.3) is 0 Å². The fourth-order valence-corrected chi connectivity index (χ4v) is 2.12. The number of aliphatic hydroxyl groups excluding tert-OH is 1. The largest absolute Gasteiger partial charge is 0.481 e. The summed E-state index contributed by atoms with van der Waals surface area (Å²) >= 11 is 0. The molecule has 0 aromatic rings. The van der Waals surface area contributed by atoms with Crippen LogP contribution in [-0.4, -0.2) is 35.2 Å². The SMILES string of the molecule is CNC(=O)C(C(=O)O)C1CCC(O)CC1. The minimum absolute atomic E-state index is 0.147. The molecule has 86 valence electrons. The number of nitrogens with one attached hydrogen (secondary N) is 1. The first-order valence-corrected chi connectivity index (χ1v) is 5.18. The molecule has 1 fully saturated rings. The Morgan fingerprint density at radius 2 is 1.80 bits per heavy atom. The van der Waals surface area contributed by atoms with Crippen LogP contribution >= 0.6 is 0 Å². The third-order valence-corrected chi connectivity index (χ3v) is 3.01. The smallest absolute Gasteiger partial charge is 0.316 e. The van der Waals surface area contributed by atoms with Crippen LogP contribution in [0.5, 0.6) is 0 Å². The van der Waals surface area contributed by atoms with Crippen molar-refractivity contribution in [2.75, 3.05) is 7.05 Å². The van der Waals surface area contributed by atoms with E-state index in [-0.39, 0.29) is 12.0 Å². The maximum atomic E-state index is 11.4. The molecule has 1 aliphatic carbocycles. The molecule has 1 rings (SSSR count). The predicted octanol–water partition coefficient (Wildman–Crippen LogP) is -0.0157. The van der Waals surface area contributed by atoms with E-state index >= 15 is 0 Å². The summed E-state index contributed by atoms with van der Waals surface area (Å²) in [4.78, 5) is 22.3. The van der Waals surface area contributed by atoms with E-state index in [2.05, 4.69) is 5.32 Å². The molecule has 0 radical (unpaired) electrons. The van der Waals surface area contributed by atoms with E-state index < -0.39 is 17.8 Å². The van der Waals surface area contributed by atoms with Gasteiger partial charge in [-0.1, -0.05) is 0 Å². The Bertz CT molecular complexity index is 246. The second-order valence-corrected chi connectivity index (χ2v) is 4.00. The van der Waals surface area contributed by atoms with Crippen molar-refractivity contribution in [1.82, 2.24) is 5.32 Å². The van der Waals surface area contributed by atoms with Gasteiger partial charge in [-0.25, -0.2) is 0 Å². The van der Waals surface area contributed by atoms with Gasteiger partial charge in [-0.2, -0.15) is 0 Å². The summed E-state index contributed by atoms with van der Waals surface area (Å²) in [5.41, 5.74) is 0. The summed E-state index contributed by atoms with van der Waals surface area (Å²) in [7, 11) is 1.44. The van der Waals surface area contributed by atoms with Crippen LogP contribution in [0.4, 0.5) is 0 Å². The van der Waals surface area contributed by atoms with Gasteiger partial charge in [-0.05, 0) is 31.6 Å². The van der Waals surface area contributed by atoms with Crippen LogP contribution in [0.15, 0.2) is 0 Å². The van der Waals surface area contributed by atoms with Crippen LogP contribution < -0.4 is 5.32 Å². The van der Waals surface area contributed by atoms with Crippen LogP contribution in [0, 0.1) is 11.8 Å². The maximum Gasteiger partial charge on any atom is 0.316 e. The third kappa shape index (κ3) is 2.92. The molecule has 0 aromatic heterocycles. The molecule has 5 heteroatoms. The van der Waals surface area contributed by atoms with Crippen molar-refractivity contribution in [1.29, 1.82) is 0 Å². The number of hydrogen-bond donors (Lipinski definition) is 3. The van der Waals surface area contributed by atoms with Gasteiger partial charge in [0.05, 0.1) is 6.10 Å². The number of hydrogen-bond acceptors (Lipinski definition) is 3. The molecule has 1 atom stereocenters. The Hall–Kier alpha value is -1.10. The number of carboxylic acids is 1. The molecule has 0 aromatic carbocycles. The van der Waals surface area contributed by atoms with Gasteiger partial charge in [0.2, 0.25) is 5.91 Å². The molecule has 0 spiro atoms. The highest BCUT2D eigenvalue weighted by Gasteiger charge is 2.36. The monoisotopic (exact) mass is 215 g/mol. The molecule has 0 heterocycles. The number of carbonyl (C=O) groups is 2. The number of carboxylic acid groups (broad SMARTS) is 1. The molecule has 3 N–H and O–H groups in total. The summed E-state index contributed by atoms with van der Waals surface area (Å²) in [6.45, 7) is 0. The van der Waals surface area contributed by atoms with Crippen LogP contribution in [-0.2, 0) is 9.59 Å². The lowest BCUT2D eigenvalue weighted by Crippen LogP contribution is -2.40. The van der Waals surface area contributed by atoms with Crippen LogP contribution in [0.2, 0.25) is 0 Å². The third-order valence-electron chi connectivity index (χ3n) is 3.01. The van der Waals surface area contributed by atoms with Crippen molar-refractivity contribution in [2.45, 2.75) is 31.8 Å². The van der Waals surface area contributed by atoms with E-state index in [1.54, 1.807) is 0 Å². The van der Waals surface area contributed by atoms with Crippen molar-refractivity contribution in [3.63, 3.8) is 0 Å².